The molecule has 0 saturated heterocycles. The molecule has 1 aromatic heterocycles. The molecule has 6 heteroatoms. The summed E-state index contributed by atoms with van der Waals surface area (Å²) in [4.78, 5) is 12.2. The van der Waals surface area contributed by atoms with Crippen molar-refractivity contribution in [1.82, 2.24) is 5.16 Å². The second-order valence-corrected chi connectivity index (χ2v) is 5.65. The van der Waals surface area contributed by atoms with E-state index in [0.717, 1.165) is 11.3 Å². The number of carbonyl (C=O) groups excluding carboxylic acids is 1. The van der Waals surface area contributed by atoms with E-state index in [9.17, 15) is 4.79 Å². The lowest BCUT2D eigenvalue weighted by molar-refractivity contribution is 0.0437. The summed E-state index contributed by atoms with van der Waals surface area (Å²) in [7, 11) is 1.52. The maximum atomic E-state index is 12.2. The predicted molar refractivity (Wildman–Crippen MR) is 94.1 cm³/mol. The number of carbonyl (C=O) groups is 1. The lowest BCUT2D eigenvalue weighted by Crippen LogP contribution is -2.06. The van der Waals surface area contributed by atoms with Gasteiger partial charge in [-0.3, -0.25) is 0 Å². The predicted octanol–water partition coefficient (Wildman–Crippen LogP) is 3.93. The molecule has 0 aliphatic carbocycles. The van der Waals surface area contributed by atoms with Crippen LogP contribution in [0.5, 0.6) is 11.5 Å². The number of rotatable bonds is 7. The maximum absolute atomic E-state index is 12.2. The first-order chi connectivity index (χ1) is 12.7. The summed E-state index contributed by atoms with van der Waals surface area (Å²) in [6.45, 7) is 2.23. The van der Waals surface area contributed by atoms with Crippen LogP contribution in [0.3, 0.4) is 0 Å². The Labute approximate surface area is 151 Å². The van der Waals surface area contributed by atoms with E-state index in [4.69, 9.17) is 18.7 Å². The highest BCUT2D eigenvalue weighted by Gasteiger charge is 2.14. The van der Waals surface area contributed by atoms with Gasteiger partial charge in [0.2, 0.25) is 0 Å². The SMILES string of the molecule is COc1cc(C(=O)OCc2cc(C)no2)ccc1OCc1ccccc1. The highest BCUT2D eigenvalue weighted by molar-refractivity contribution is 5.90. The molecule has 0 aliphatic rings. The van der Waals surface area contributed by atoms with Gasteiger partial charge in [0, 0.05) is 6.07 Å². The first-order valence-corrected chi connectivity index (χ1v) is 8.10. The fourth-order valence-corrected chi connectivity index (χ4v) is 2.35. The van der Waals surface area contributed by atoms with E-state index in [2.05, 4.69) is 5.16 Å². The molecule has 0 spiro atoms. The molecule has 0 bridgehead atoms. The third-order valence-corrected chi connectivity index (χ3v) is 3.66. The number of methoxy groups -OCH3 is 1. The summed E-state index contributed by atoms with van der Waals surface area (Å²) < 4.78 is 21.4. The van der Waals surface area contributed by atoms with Gasteiger partial charge in [0.1, 0.15) is 6.61 Å². The van der Waals surface area contributed by atoms with Crippen LogP contribution >= 0.6 is 0 Å². The molecule has 3 rings (SSSR count). The molecule has 0 unspecified atom stereocenters. The fourth-order valence-electron chi connectivity index (χ4n) is 2.35. The second-order valence-electron chi connectivity index (χ2n) is 5.65. The van der Waals surface area contributed by atoms with Gasteiger partial charge in [-0.1, -0.05) is 35.5 Å². The Morgan fingerprint density at radius 1 is 1.04 bits per heavy atom. The van der Waals surface area contributed by atoms with Crippen LogP contribution in [0.4, 0.5) is 0 Å². The second kappa shape index (κ2) is 8.20. The number of benzene rings is 2. The van der Waals surface area contributed by atoms with Gasteiger partial charge in [-0.15, -0.1) is 0 Å². The van der Waals surface area contributed by atoms with Gasteiger partial charge in [0.25, 0.3) is 0 Å². The van der Waals surface area contributed by atoms with E-state index in [1.165, 1.54) is 7.11 Å². The monoisotopic (exact) mass is 353 g/mol. The van der Waals surface area contributed by atoms with Gasteiger partial charge < -0.3 is 18.7 Å². The average Bonchev–Trinajstić information content (AvgIpc) is 3.10. The standard InChI is InChI=1S/C20H19NO5/c1-14-10-17(26-21-14)13-25-20(22)16-8-9-18(19(11-16)23-2)24-12-15-6-4-3-5-7-15/h3-11H,12-13H2,1-2H3. The smallest absolute Gasteiger partial charge is 0.338 e. The minimum Gasteiger partial charge on any atom is -0.493 e. The molecule has 0 aliphatic heterocycles. The summed E-state index contributed by atoms with van der Waals surface area (Å²) >= 11 is 0. The maximum Gasteiger partial charge on any atom is 0.338 e. The normalized spacial score (nSPS) is 10.4. The molecular formula is C20H19NO5. The van der Waals surface area contributed by atoms with Crippen molar-refractivity contribution in [3.8, 4) is 11.5 Å². The van der Waals surface area contributed by atoms with Crippen molar-refractivity contribution in [2.45, 2.75) is 20.1 Å². The summed E-state index contributed by atoms with van der Waals surface area (Å²) in [6, 6.07) is 16.4. The quantitative estimate of drug-likeness (QED) is 0.600. The van der Waals surface area contributed by atoms with Gasteiger partial charge in [0.05, 0.1) is 18.4 Å². The Balaban J connectivity index is 1.64. The van der Waals surface area contributed by atoms with Crippen molar-refractivity contribution in [2.75, 3.05) is 7.11 Å². The van der Waals surface area contributed by atoms with Crippen molar-refractivity contribution in [3.05, 3.63) is 77.2 Å². The molecule has 134 valence electrons. The van der Waals surface area contributed by atoms with Crippen LogP contribution in [0.25, 0.3) is 0 Å². The molecule has 2 aromatic carbocycles. The average molecular weight is 353 g/mol. The Morgan fingerprint density at radius 3 is 2.54 bits per heavy atom. The van der Waals surface area contributed by atoms with E-state index in [1.54, 1.807) is 31.2 Å². The van der Waals surface area contributed by atoms with Crippen molar-refractivity contribution >= 4 is 5.97 Å². The number of esters is 1. The Kier molecular flexibility index (Phi) is 5.53. The van der Waals surface area contributed by atoms with Gasteiger partial charge in [-0.25, -0.2) is 4.79 Å². The Bertz CT molecular complexity index is 873. The Hall–Kier alpha value is -3.28. The lowest BCUT2D eigenvalue weighted by atomic mass is 10.2. The van der Waals surface area contributed by atoms with Crippen molar-refractivity contribution in [3.63, 3.8) is 0 Å². The van der Waals surface area contributed by atoms with Gasteiger partial charge in [-0.2, -0.15) is 0 Å². The largest absolute Gasteiger partial charge is 0.493 e. The fraction of sp³-hybridized carbons (Fsp3) is 0.200. The third-order valence-electron chi connectivity index (χ3n) is 3.66. The zero-order valence-electron chi connectivity index (χ0n) is 14.6. The molecule has 3 aromatic rings. The van der Waals surface area contributed by atoms with Crippen LogP contribution in [-0.2, 0) is 18.0 Å². The molecule has 0 amide bonds. The van der Waals surface area contributed by atoms with E-state index in [-0.39, 0.29) is 6.61 Å². The van der Waals surface area contributed by atoms with Crippen LogP contribution in [0, 0.1) is 6.92 Å². The van der Waals surface area contributed by atoms with Gasteiger partial charge in [0.15, 0.2) is 23.9 Å². The van der Waals surface area contributed by atoms with Crippen LogP contribution in [0.15, 0.2) is 59.1 Å². The van der Waals surface area contributed by atoms with Crippen molar-refractivity contribution in [2.24, 2.45) is 0 Å². The van der Waals surface area contributed by atoms with Gasteiger partial charge in [-0.05, 0) is 30.7 Å². The summed E-state index contributed by atoms with van der Waals surface area (Å²) in [5, 5.41) is 3.75. The molecule has 0 atom stereocenters. The van der Waals surface area contributed by atoms with Crippen LogP contribution in [0.2, 0.25) is 0 Å². The van der Waals surface area contributed by atoms with Gasteiger partial charge >= 0.3 is 5.97 Å². The first kappa shape index (κ1) is 17.5. The summed E-state index contributed by atoms with van der Waals surface area (Å²) in [5.74, 6) is 1.03. The van der Waals surface area contributed by atoms with E-state index in [1.807, 2.05) is 30.3 Å². The van der Waals surface area contributed by atoms with Crippen LogP contribution in [-0.4, -0.2) is 18.2 Å². The third kappa shape index (κ3) is 4.42. The zero-order chi connectivity index (χ0) is 18.4. The molecule has 0 N–H and O–H groups in total. The number of hydrogen-bond acceptors (Lipinski definition) is 6. The molecular weight excluding hydrogens is 334 g/mol. The highest BCUT2D eigenvalue weighted by atomic mass is 16.5. The van der Waals surface area contributed by atoms with E-state index < -0.39 is 5.97 Å². The minimum atomic E-state index is -0.480. The molecule has 0 fully saturated rings. The number of nitrogens with zero attached hydrogens (tertiary/aromatic N) is 1. The molecule has 6 nitrogen and oxygen atoms in total. The number of ether oxygens (including phenoxy) is 3. The Morgan fingerprint density at radius 2 is 1.85 bits per heavy atom. The number of hydrogen-bond donors (Lipinski definition) is 0. The van der Waals surface area contributed by atoms with Crippen LogP contribution < -0.4 is 9.47 Å². The lowest BCUT2D eigenvalue weighted by Gasteiger charge is -2.12. The number of aromatic nitrogens is 1. The highest BCUT2D eigenvalue weighted by Crippen LogP contribution is 2.29. The minimum absolute atomic E-state index is 0.0221. The molecule has 1 heterocycles. The summed E-state index contributed by atoms with van der Waals surface area (Å²) in [6.07, 6.45) is 0. The van der Waals surface area contributed by atoms with E-state index in [0.29, 0.717) is 29.4 Å². The van der Waals surface area contributed by atoms with Crippen LogP contribution in [0.1, 0.15) is 27.4 Å². The zero-order valence-corrected chi connectivity index (χ0v) is 14.6. The number of aryl methyl sites for hydroxylation is 1. The first-order valence-electron chi connectivity index (χ1n) is 8.10. The van der Waals surface area contributed by atoms with E-state index >= 15 is 0 Å². The summed E-state index contributed by atoms with van der Waals surface area (Å²) in [5.41, 5.74) is 2.14. The van der Waals surface area contributed by atoms with Crippen molar-refractivity contribution in [1.29, 1.82) is 0 Å². The molecule has 0 saturated carbocycles. The molecule has 0 radical (unpaired) electrons. The topological polar surface area (TPSA) is 70.8 Å². The van der Waals surface area contributed by atoms with Crippen molar-refractivity contribution < 1.29 is 23.5 Å². The molecule has 26 heavy (non-hydrogen) atoms.